The third-order valence-electron chi connectivity index (χ3n) is 4.95. The van der Waals surface area contributed by atoms with E-state index in [1.54, 1.807) is 24.3 Å². The highest BCUT2D eigenvalue weighted by atomic mass is 32.2. The van der Waals surface area contributed by atoms with Crippen LogP contribution in [0.15, 0.2) is 53.4 Å². The number of nitrogens with zero attached hydrogens (tertiary/aromatic N) is 4. The number of carbonyl (C=O) groups excluding carboxylic acids is 1. The summed E-state index contributed by atoms with van der Waals surface area (Å²) >= 11 is 0. The van der Waals surface area contributed by atoms with Crippen LogP contribution in [-0.4, -0.2) is 47.6 Å². The molecule has 2 N–H and O–H groups in total. The molecule has 0 aliphatic rings. The third kappa shape index (κ3) is 5.17. The average molecular weight is 497 g/mol. The topological polar surface area (TPSA) is 137 Å². The minimum Gasteiger partial charge on any atom is -0.495 e. The first-order valence-corrected chi connectivity index (χ1v) is 12.1. The summed E-state index contributed by atoms with van der Waals surface area (Å²) in [6, 6.07) is 12.6. The summed E-state index contributed by atoms with van der Waals surface area (Å²) in [4.78, 5) is 21.1. The second-order valence-electron chi connectivity index (χ2n) is 7.57. The highest BCUT2D eigenvalue weighted by molar-refractivity contribution is 7.92. The van der Waals surface area contributed by atoms with E-state index in [0.29, 0.717) is 23.8 Å². The first-order chi connectivity index (χ1) is 16.7. The number of ether oxygens (including phenoxy) is 2. The maximum Gasteiger partial charge on any atom is 0.295 e. The van der Waals surface area contributed by atoms with Crippen LogP contribution in [0.25, 0.3) is 5.78 Å². The van der Waals surface area contributed by atoms with Crippen molar-refractivity contribution >= 4 is 33.1 Å². The number of carbonyl (C=O) groups is 1. The van der Waals surface area contributed by atoms with Gasteiger partial charge in [-0.05, 0) is 69.3 Å². The summed E-state index contributed by atoms with van der Waals surface area (Å²) < 4.78 is 40.8. The molecule has 182 valence electrons. The van der Waals surface area contributed by atoms with Crippen molar-refractivity contribution in [1.29, 1.82) is 0 Å². The zero-order chi connectivity index (χ0) is 25.2. The molecule has 2 aromatic carbocycles. The highest BCUT2D eigenvalue weighted by Gasteiger charge is 2.22. The smallest absolute Gasteiger partial charge is 0.295 e. The van der Waals surface area contributed by atoms with Crippen molar-refractivity contribution in [2.45, 2.75) is 25.7 Å². The number of hydrogen-bond acceptors (Lipinski definition) is 8. The quantitative estimate of drug-likeness (QED) is 0.379. The van der Waals surface area contributed by atoms with Crippen molar-refractivity contribution in [2.24, 2.45) is 0 Å². The number of nitrogens with one attached hydrogen (secondary N) is 2. The van der Waals surface area contributed by atoms with Gasteiger partial charge < -0.3 is 14.8 Å². The normalized spacial score (nSPS) is 11.3. The predicted molar refractivity (Wildman–Crippen MR) is 130 cm³/mol. The molecule has 0 atom stereocenters. The lowest BCUT2D eigenvalue weighted by Crippen LogP contribution is -2.17. The number of aryl methyl sites for hydroxylation is 2. The number of amides is 1. The summed E-state index contributed by atoms with van der Waals surface area (Å²) in [6.07, 6.45) is 0. The van der Waals surface area contributed by atoms with Crippen LogP contribution in [0.1, 0.15) is 28.9 Å². The maximum absolute atomic E-state index is 13.1. The van der Waals surface area contributed by atoms with Crippen LogP contribution in [0.3, 0.4) is 0 Å². The number of fused-ring (bicyclic) bond motifs is 1. The Bertz CT molecular complexity index is 1500. The lowest BCUT2D eigenvalue weighted by molar-refractivity contribution is 0.101. The Morgan fingerprint density at radius 2 is 1.74 bits per heavy atom. The summed E-state index contributed by atoms with van der Waals surface area (Å²) in [7, 11) is -2.69. The molecule has 0 saturated heterocycles. The molecular formula is C23H24N6O5S. The molecule has 12 heteroatoms. The van der Waals surface area contributed by atoms with E-state index in [0.717, 1.165) is 11.4 Å². The standard InChI is InChI=1S/C23H24N6O5S/c1-5-34-18-9-6-16(7-10-18)28-35(31,32)20-13-17(8-11-19(20)33-4)25-22(30)21-26-23-24-14(2)12-15(3)29(23)27-21/h6-13,28H,5H2,1-4H3,(H,25,30). The van der Waals surface area contributed by atoms with Gasteiger partial charge in [0.1, 0.15) is 16.4 Å². The third-order valence-corrected chi connectivity index (χ3v) is 6.35. The van der Waals surface area contributed by atoms with Crippen molar-refractivity contribution in [3.05, 3.63) is 65.7 Å². The number of aromatic nitrogens is 4. The highest BCUT2D eigenvalue weighted by Crippen LogP contribution is 2.29. The van der Waals surface area contributed by atoms with Crippen LogP contribution in [0, 0.1) is 13.8 Å². The molecule has 4 rings (SSSR count). The van der Waals surface area contributed by atoms with Gasteiger partial charge in [-0.25, -0.2) is 17.9 Å². The first-order valence-electron chi connectivity index (χ1n) is 10.7. The molecule has 0 fully saturated rings. The molecule has 1 amide bonds. The van der Waals surface area contributed by atoms with Crippen LogP contribution >= 0.6 is 0 Å². The number of anilines is 2. The second kappa shape index (κ2) is 9.58. The second-order valence-corrected chi connectivity index (χ2v) is 9.22. The minimum atomic E-state index is -4.05. The van der Waals surface area contributed by atoms with E-state index in [1.165, 1.54) is 29.8 Å². The van der Waals surface area contributed by atoms with E-state index in [9.17, 15) is 13.2 Å². The molecule has 0 saturated carbocycles. The molecule has 0 aliphatic carbocycles. The Balaban J connectivity index is 1.59. The Labute approximate surface area is 202 Å². The fraction of sp³-hybridized carbons (Fsp3) is 0.217. The van der Waals surface area contributed by atoms with Crippen molar-refractivity contribution < 1.29 is 22.7 Å². The summed E-state index contributed by atoms with van der Waals surface area (Å²) in [5.41, 5.74) is 2.09. The average Bonchev–Trinajstić information content (AvgIpc) is 3.25. The molecular weight excluding hydrogens is 472 g/mol. The molecule has 0 unspecified atom stereocenters. The van der Waals surface area contributed by atoms with Crippen molar-refractivity contribution in [2.75, 3.05) is 23.8 Å². The van der Waals surface area contributed by atoms with Gasteiger partial charge in [-0.1, -0.05) is 0 Å². The monoisotopic (exact) mass is 496 g/mol. The summed E-state index contributed by atoms with van der Waals surface area (Å²) in [5, 5.41) is 6.83. The number of benzene rings is 2. The fourth-order valence-corrected chi connectivity index (χ4v) is 4.66. The zero-order valence-corrected chi connectivity index (χ0v) is 20.4. The molecule has 0 aliphatic heterocycles. The largest absolute Gasteiger partial charge is 0.495 e. The van der Waals surface area contributed by atoms with Gasteiger partial charge in [0.05, 0.1) is 13.7 Å². The van der Waals surface area contributed by atoms with Gasteiger partial charge in [0.15, 0.2) is 0 Å². The van der Waals surface area contributed by atoms with E-state index in [2.05, 4.69) is 25.1 Å². The van der Waals surface area contributed by atoms with E-state index in [1.807, 2.05) is 26.8 Å². The van der Waals surface area contributed by atoms with Crippen molar-refractivity contribution in [3.63, 3.8) is 0 Å². The molecule has 0 bridgehead atoms. The fourth-order valence-electron chi connectivity index (χ4n) is 3.41. The van der Waals surface area contributed by atoms with Crippen LogP contribution in [0.4, 0.5) is 11.4 Å². The van der Waals surface area contributed by atoms with E-state index >= 15 is 0 Å². The predicted octanol–water partition coefficient (Wildman–Crippen LogP) is 3.20. The Hall–Kier alpha value is -4.19. The molecule has 2 aromatic heterocycles. The number of hydrogen-bond donors (Lipinski definition) is 2. The Morgan fingerprint density at radius 1 is 1.03 bits per heavy atom. The van der Waals surface area contributed by atoms with Gasteiger partial charge >= 0.3 is 0 Å². The summed E-state index contributed by atoms with van der Waals surface area (Å²) in [6.45, 7) is 6.01. The van der Waals surface area contributed by atoms with Gasteiger partial charge in [-0.3, -0.25) is 9.52 Å². The summed E-state index contributed by atoms with van der Waals surface area (Å²) in [5.74, 6) is 0.325. The lowest BCUT2D eigenvalue weighted by Gasteiger charge is -2.14. The van der Waals surface area contributed by atoms with Crippen LogP contribution in [0.5, 0.6) is 11.5 Å². The van der Waals surface area contributed by atoms with E-state index < -0.39 is 15.9 Å². The lowest BCUT2D eigenvalue weighted by atomic mass is 10.3. The van der Waals surface area contributed by atoms with Crippen molar-refractivity contribution in [1.82, 2.24) is 19.6 Å². The molecule has 2 heterocycles. The van der Waals surface area contributed by atoms with E-state index in [-0.39, 0.29) is 22.2 Å². The first kappa shape index (κ1) is 24.0. The van der Waals surface area contributed by atoms with Gasteiger partial charge in [0, 0.05) is 22.8 Å². The van der Waals surface area contributed by atoms with Crippen LogP contribution in [0.2, 0.25) is 0 Å². The number of rotatable bonds is 8. The minimum absolute atomic E-state index is 0.0982. The Morgan fingerprint density at radius 3 is 2.43 bits per heavy atom. The SMILES string of the molecule is CCOc1ccc(NS(=O)(=O)c2cc(NC(=O)c3nc4nc(C)cc(C)n4n3)ccc2OC)cc1. The van der Waals surface area contributed by atoms with Crippen LogP contribution in [-0.2, 0) is 10.0 Å². The van der Waals surface area contributed by atoms with Gasteiger partial charge in [-0.15, -0.1) is 5.10 Å². The molecule has 0 spiro atoms. The van der Waals surface area contributed by atoms with Crippen molar-refractivity contribution in [3.8, 4) is 11.5 Å². The zero-order valence-electron chi connectivity index (χ0n) is 19.6. The molecule has 0 radical (unpaired) electrons. The number of methoxy groups -OCH3 is 1. The Kier molecular flexibility index (Phi) is 6.56. The molecule has 35 heavy (non-hydrogen) atoms. The molecule has 4 aromatic rings. The van der Waals surface area contributed by atoms with Gasteiger partial charge in [0.25, 0.3) is 21.7 Å². The van der Waals surface area contributed by atoms with Gasteiger partial charge in [0.2, 0.25) is 5.82 Å². The number of sulfonamides is 1. The van der Waals surface area contributed by atoms with Crippen LogP contribution < -0.4 is 19.5 Å². The molecule has 11 nitrogen and oxygen atoms in total. The maximum atomic E-state index is 13.1. The van der Waals surface area contributed by atoms with E-state index in [4.69, 9.17) is 9.47 Å². The van der Waals surface area contributed by atoms with Gasteiger partial charge in [-0.2, -0.15) is 4.98 Å².